The number of aliphatic imine (C=N–C) groups is 1. The maximum atomic E-state index is 14.7. The van der Waals surface area contributed by atoms with E-state index in [-0.39, 0.29) is 16.5 Å². The summed E-state index contributed by atoms with van der Waals surface area (Å²) in [6, 6.07) is 12.4. The minimum atomic E-state index is -4.62. The minimum Gasteiger partial charge on any atom is -0.365 e. The van der Waals surface area contributed by atoms with E-state index in [1.165, 1.54) is 18.2 Å². The van der Waals surface area contributed by atoms with Crippen molar-refractivity contribution < 1.29 is 27.1 Å². The predicted molar refractivity (Wildman–Crippen MR) is 109 cm³/mol. The molecule has 0 bridgehead atoms. The number of ether oxygens (including phenoxy) is 1. The van der Waals surface area contributed by atoms with E-state index < -0.39 is 42.1 Å². The second-order valence-corrected chi connectivity index (χ2v) is 8.90. The largest absolute Gasteiger partial charge is 0.415 e. The number of hydrogen-bond donors (Lipinski definition) is 1. The first-order chi connectivity index (χ1) is 14.2. The average Bonchev–Trinajstić information content (AvgIpc) is 3.10. The van der Waals surface area contributed by atoms with E-state index in [0.717, 1.165) is 11.8 Å². The molecule has 0 aromatic heterocycles. The van der Waals surface area contributed by atoms with Crippen LogP contribution in [0, 0.1) is 11.7 Å². The van der Waals surface area contributed by atoms with Crippen LogP contribution in [0.3, 0.4) is 0 Å². The Morgan fingerprint density at radius 2 is 1.97 bits per heavy atom. The Bertz CT molecular complexity index is 1000. The van der Waals surface area contributed by atoms with E-state index in [1.807, 2.05) is 0 Å². The first kappa shape index (κ1) is 21.3. The van der Waals surface area contributed by atoms with Crippen LogP contribution >= 0.6 is 27.7 Å². The number of fused-ring (bicyclic) bond motifs is 1. The monoisotopic (exact) mass is 502 g/mol. The Morgan fingerprint density at radius 3 is 2.67 bits per heavy atom. The van der Waals surface area contributed by atoms with Crippen molar-refractivity contribution in [2.75, 3.05) is 12.4 Å². The Labute approximate surface area is 182 Å². The van der Waals surface area contributed by atoms with Gasteiger partial charge < -0.3 is 10.1 Å². The molecule has 2 aliphatic heterocycles. The summed E-state index contributed by atoms with van der Waals surface area (Å²) in [4.78, 5) is 16.9. The normalized spacial score (nSPS) is 26.1. The molecule has 4 rings (SSSR count). The van der Waals surface area contributed by atoms with Crippen molar-refractivity contribution in [1.82, 2.24) is 5.32 Å². The van der Waals surface area contributed by atoms with Crippen LogP contribution in [0.1, 0.15) is 15.9 Å². The van der Waals surface area contributed by atoms with Gasteiger partial charge in [0.2, 0.25) is 0 Å². The maximum absolute atomic E-state index is 14.7. The van der Waals surface area contributed by atoms with Crippen molar-refractivity contribution >= 4 is 38.8 Å². The maximum Gasteiger partial charge on any atom is 0.415 e. The topological polar surface area (TPSA) is 50.7 Å². The minimum absolute atomic E-state index is 0.000357. The molecule has 0 spiro atoms. The molecule has 10 heteroatoms. The number of carbonyl (C=O) groups is 1. The molecule has 0 aliphatic carbocycles. The zero-order valence-corrected chi connectivity index (χ0v) is 17.7. The summed E-state index contributed by atoms with van der Waals surface area (Å²) in [7, 11) is 0. The van der Waals surface area contributed by atoms with E-state index in [1.54, 1.807) is 30.3 Å². The van der Waals surface area contributed by atoms with E-state index in [2.05, 4.69) is 26.2 Å². The van der Waals surface area contributed by atoms with E-state index in [4.69, 9.17) is 4.74 Å². The van der Waals surface area contributed by atoms with Gasteiger partial charge in [-0.15, -0.1) is 0 Å². The molecule has 0 unspecified atom stereocenters. The standard InChI is InChI=1S/C20H15BrF4N2O2S/c21-12-6-7-15(22)13(8-12)19-10-29-16(20(23,24)25)14(19)9-30-18(27-19)26-17(28)11-4-2-1-3-5-11/h1-8,14,16H,9-10H2,(H,26,27,28)/t14-,16+,19-/m0/s1. The zero-order valence-electron chi connectivity index (χ0n) is 15.2. The molecule has 3 atom stereocenters. The van der Waals surface area contributed by atoms with Crippen molar-refractivity contribution in [1.29, 1.82) is 0 Å². The third-order valence-electron chi connectivity index (χ3n) is 5.14. The number of thioether (sulfide) groups is 1. The summed E-state index contributed by atoms with van der Waals surface area (Å²) in [6.07, 6.45) is -6.69. The van der Waals surface area contributed by atoms with Crippen molar-refractivity contribution in [2.45, 2.75) is 17.8 Å². The van der Waals surface area contributed by atoms with Gasteiger partial charge in [-0.05, 0) is 30.3 Å². The number of nitrogens with zero attached hydrogens (tertiary/aromatic N) is 1. The van der Waals surface area contributed by atoms with Crippen LogP contribution in [0.15, 0.2) is 58.0 Å². The highest BCUT2D eigenvalue weighted by Crippen LogP contribution is 2.52. The molecule has 1 amide bonds. The molecule has 1 N–H and O–H groups in total. The van der Waals surface area contributed by atoms with Crippen molar-refractivity contribution in [3.05, 3.63) is 69.9 Å². The summed E-state index contributed by atoms with van der Waals surface area (Å²) < 4.78 is 61.1. The number of benzene rings is 2. The molecule has 158 valence electrons. The third kappa shape index (κ3) is 3.88. The van der Waals surface area contributed by atoms with E-state index in [0.29, 0.717) is 10.0 Å². The van der Waals surface area contributed by atoms with Gasteiger partial charge >= 0.3 is 6.18 Å². The summed E-state index contributed by atoms with van der Waals surface area (Å²) in [5.41, 5.74) is -1.22. The van der Waals surface area contributed by atoms with Crippen LogP contribution in [0.5, 0.6) is 0 Å². The molecular formula is C20H15BrF4N2O2S. The van der Waals surface area contributed by atoms with Gasteiger partial charge in [-0.1, -0.05) is 45.9 Å². The average molecular weight is 503 g/mol. The van der Waals surface area contributed by atoms with Crippen LogP contribution in [-0.2, 0) is 10.3 Å². The number of rotatable bonds is 2. The molecular weight excluding hydrogens is 488 g/mol. The quantitative estimate of drug-likeness (QED) is 0.594. The smallest absolute Gasteiger partial charge is 0.365 e. The summed E-state index contributed by atoms with van der Waals surface area (Å²) in [6.45, 7) is -0.444. The predicted octanol–water partition coefficient (Wildman–Crippen LogP) is 4.89. The molecule has 30 heavy (non-hydrogen) atoms. The van der Waals surface area contributed by atoms with Crippen LogP contribution in [0.2, 0.25) is 0 Å². The summed E-state index contributed by atoms with van der Waals surface area (Å²) in [5, 5.41) is 2.76. The zero-order chi connectivity index (χ0) is 21.5. The van der Waals surface area contributed by atoms with Crippen LogP contribution < -0.4 is 5.32 Å². The fourth-order valence-corrected chi connectivity index (χ4v) is 5.27. The van der Waals surface area contributed by atoms with Crippen LogP contribution in [-0.4, -0.2) is 35.7 Å². The number of amides is 1. The Hall–Kier alpha value is -1.91. The highest BCUT2D eigenvalue weighted by atomic mass is 79.9. The van der Waals surface area contributed by atoms with Crippen molar-refractivity contribution in [3.63, 3.8) is 0 Å². The summed E-state index contributed by atoms with van der Waals surface area (Å²) in [5.74, 6) is -2.30. The Balaban J connectivity index is 1.75. The first-order valence-electron chi connectivity index (χ1n) is 8.93. The number of hydrogen-bond acceptors (Lipinski definition) is 4. The van der Waals surface area contributed by atoms with Gasteiger partial charge in [-0.2, -0.15) is 13.2 Å². The molecule has 2 aliphatic rings. The lowest BCUT2D eigenvalue weighted by molar-refractivity contribution is -0.215. The van der Waals surface area contributed by atoms with Crippen molar-refractivity contribution in [3.8, 4) is 0 Å². The number of alkyl halides is 3. The molecule has 2 aromatic carbocycles. The van der Waals surface area contributed by atoms with Crippen LogP contribution in [0.25, 0.3) is 0 Å². The van der Waals surface area contributed by atoms with Crippen molar-refractivity contribution in [2.24, 2.45) is 10.9 Å². The molecule has 1 saturated heterocycles. The van der Waals surface area contributed by atoms with Gasteiger partial charge in [0.05, 0.1) is 6.61 Å². The SMILES string of the molecule is O=C(NC1=N[C@]2(c3cc(Br)ccc3F)CO[C@@H](C(F)(F)F)[C@@H]2CS1)c1ccccc1. The summed E-state index contributed by atoms with van der Waals surface area (Å²) >= 11 is 4.23. The van der Waals surface area contributed by atoms with Gasteiger partial charge in [0, 0.05) is 27.3 Å². The third-order valence-corrected chi connectivity index (χ3v) is 6.62. The van der Waals surface area contributed by atoms with Gasteiger partial charge in [-0.25, -0.2) is 9.38 Å². The number of carbonyl (C=O) groups excluding carboxylic acids is 1. The first-order valence-corrected chi connectivity index (χ1v) is 10.7. The molecule has 0 saturated carbocycles. The van der Waals surface area contributed by atoms with Crippen LogP contribution in [0.4, 0.5) is 17.6 Å². The van der Waals surface area contributed by atoms with Gasteiger partial charge in [0.25, 0.3) is 5.91 Å². The molecule has 2 heterocycles. The fourth-order valence-electron chi connectivity index (χ4n) is 3.73. The molecule has 1 fully saturated rings. The van der Waals surface area contributed by atoms with E-state index >= 15 is 0 Å². The fraction of sp³-hybridized carbons (Fsp3) is 0.300. The highest BCUT2D eigenvalue weighted by Gasteiger charge is 2.62. The molecule has 0 radical (unpaired) electrons. The number of halogens is 5. The Kier molecular flexibility index (Phi) is 5.67. The Morgan fingerprint density at radius 1 is 1.23 bits per heavy atom. The second kappa shape index (κ2) is 7.97. The van der Waals surface area contributed by atoms with Gasteiger partial charge in [-0.3, -0.25) is 4.79 Å². The highest BCUT2D eigenvalue weighted by molar-refractivity contribution is 9.10. The molecule has 4 nitrogen and oxygen atoms in total. The van der Waals surface area contributed by atoms with Gasteiger partial charge in [0.1, 0.15) is 11.4 Å². The van der Waals surface area contributed by atoms with E-state index in [9.17, 15) is 22.4 Å². The lowest BCUT2D eigenvalue weighted by atomic mass is 9.78. The number of nitrogens with one attached hydrogen (secondary N) is 1. The lowest BCUT2D eigenvalue weighted by Gasteiger charge is -2.37. The van der Waals surface area contributed by atoms with Gasteiger partial charge in [0.15, 0.2) is 11.3 Å². The lowest BCUT2D eigenvalue weighted by Crippen LogP contribution is -2.47. The molecule has 2 aromatic rings. The second-order valence-electron chi connectivity index (χ2n) is 6.98. The number of amidine groups is 1.